The molecule has 1 aromatic heterocycles. The summed E-state index contributed by atoms with van der Waals surface area (Å²) in [6.07, 6.45) is 3.22. The first-order chi connectivity index (χ1) is 11.5. The minimum absolute atomic E-state index is 0. The minimum Gasteiger partial charge on any atom is -0.316 e. The predicted molar refractivity (Wildman–Crippen MR) is 105 cm³/mol. The topological polar surface area (TPSA) is 71.1 Å². The number of hydrogen-bond donors (Lipinski definition) is 2. The maximum Gasteiger partial charge on any atom is 0.240 e. The molecule has 8 heteroatoms. The third-order valence-electron chi connectivity index (χ3n) is 4.25. The summed E-state index contributed by atoms with van der Waals surface area (Å²) in [5.41, 5.74) is 1.79. The van der Waals surface area contributed by atoms with Gasteiger partial charge in [0.05, 0.1) is 4.90 Å². The van der Waals surface area contributed by atoms with Gasteiger partial charge in [-0.15, -0.1) is 23.7 Å². The molecule has 0 radical (unpaired) electrons. The molecule has 138 valence electrons. The van der Waals surface area contributed by atoms with Crippen LogP contribution in [-0.4, -0.2) is 33.0 Å². The maximum atomic E-state index is 12.5. The molecule has 0 spiro atoms. The van der Waals surface area contributed by atoms with Gasteiger partial charge in [-0.05, 0) is 57.3 Å². The van der Waals surface area contributed by atoms with Crippen molar-refractivity contribution in [3.63, 3.8) is 0 Å². The van der Waals surface area contributed by atoms with Crippen LogP contribution in [0.5, 0.6) is 0 Å². The van der Waals surface area contributed by atoms with Gasteiger partial charge in [-0.1, -0.05) is 12.1 Å². The van der Waals surface area contributed by atoms with Gasteiger partial charge >= 0.3 is 0 Å². The van der Waals surface area contributed by atoms with Crippen LogP contribution in [0.4, 0.5) is 0 Å². The molecule has 5 nitrogen and oxygen atoms in total. The molecule has 0 bridgehead atoms. The zero-order chi connectivity index (χ0) is 17.0. The number of benzene rings is 1. The summed E-state index contributed by atoms with van der Waals surface area (Å²) in [6, 6.07) is 6.99. The van der Waals surface area contributed by atoms with Crippen molar-refractivity contribution in [1.82, 2.24) is 15.0 Å². The highest BCUT2D eigenvalue weighted by molar-refractivity contribution is 7.89. The molecule has 1 aromatic carbocycles. The normalized spacial score (nSPS) is 17.9. The van der Waals surface area contributed by atoms with E-state index < -0.39 is 10.0 Å². The Hall–Kier alpha value is -0.990. The van der Waals surface area contributed by atoms with E-state index in [1.807, 2.05) is 18.4 Å². The molecular formula is C17H24ClN3O2S2. The highest BCUT2D eigenvalue weighted by Crippen LogP contribution is 2.25. The Bertz CT molecular complexity index is 787. The molecule has 0 amide bonds. The van der Waals surface area contributed by atoms with Crippen molar-refractivity contribution in [2.24, 2.45) is 5.92 Å². The number of nitrogens with one attached hydrogen (secondary N) is 2. The Morgan fingerprint density at radius 2 is 2.24 bits per heavy atom. The van der Waals surface area contributed by atoms with E-state index in [0.29, 0.717) is 17.4 Å². The second-order valence-corrected chi connectivity index (χ2v) is 8.85. The second-order valence-electron chi connectivity index (χ2n) is 6.22. The molecule has 1 aliphatic heterocycles. The van der Waals surface area contributed by atoms with Gasteiger partial charge in [-0.3, -0.25) is 0 Å². The summed E-state index contributed by atoms with van der Waals surface area (Å²) in [4.78, 5) is 4.72. The van der Waals surface area contributed by atoms with Crippen LogP contribution in [0.1, 0.15) is 25.0 Å². The van der Waals surface area contributed by atoms with E-state index in [1.54, 1.807) is 18.2 Å². The first-order valence-electron chi connectivity index (χ1n) is 8.27. The summed E-state index contributed by atoms with van der Waals surface area (Å²) in [7, 11) is -3.48. The number of aryl methyl sites for hydroxylation is 1. The van der Waals surface area contributed by atoms with Crippen molar-refractivity contribution < 1.29 is 8.42 Å². The smallest absolute Gasteiger partial charge is 0.240 e. The molecule has 1 aliphatic rings. The Balaban J connectivity index is 0.00000225. The van der Waals surface area contributed by atoms with Gasteiger partial charge in [0, 0.05) is 23.2 Å². The SMILES string of the molecule is Cc1csc(-c2cccc(S(=O)(=O)NCCC3CCCNC3)c2)n1.Cl. The molecule has 0 aliphatic carbocycles. The molecule has 0 saturated carbocycles. The lowest BCUT2D eigenvalue weighted by Gasteiger charge is -2.22. The number of rotatable bonds is 6. The number of hydrogen-bond acceptors (Lipinski definition) is 5. The van der Waals surface area contributed by atoms with Crippen LogP contribution in [0.15, 0.2) is 34.5 Å². The zero-order valence-corrected chi connectivity index (χ0v) is 16.6. The molecule has 2 N–H and O–H groups in total. The first-order valence-corrected chi connectivity index (χ1v) is 10.6. The lowest BCUT2D eigenvalue weighted by Crippen LogP contribution is -2.33. The van der Waals surface area contributed by atoms with Crippen molar-refractivity contribution >= 4 is 33.8 Å². The Labute approximate surface area is 159 Å². The van der Waals surface area contributed by atoms with Gasteiger partial charge in [0.1, 0.15) is 5.01 Å². The minimum atomic E-state index is -3.48. The van der Waals surface area contributed by atoms with Gasteiger partial charge in [0.15, 0.2) is 0 Å². The van der Waals surface area contributed by atoms with Crippen molar-refractivity contribution in [2.45, 2.75) is 31.1 Å². The van der Waals surface area contributed by atoms with E-state index in [0.717, 1.165) is 35.8 Å². The summed E-state index contributed by atoms with van der Waals surface area (Å²) < 4.78 is 27.8. The Kier molecular flexibility index (Phi) is 7.39. The number of piperidine rings is 1. The lowest BCUT2D eigenvalue weighted by molar-refractivity contribution is 0.358. The van der Waals surface area contributed by atoms with Crippen molar-refractivity contribution in [2.75, 3.05) is 19.6 Å². The molecule has 2 aromatic rings. The number of thiazole rings is 1. The number of aromatic nitrogens is 1. The monoisotopic (exact) mass is 401 g/mol. The number of sulfonamides is 1. The van der Waals surface area contributed by atoms with Gasteiger partial charge in [0.2, 0.25) is 10.0 Å². The third kappa shape index (κ3) is 5.49. The summed E-state index contributed by atoms with van der Waals surface area (Å²) in [5, 5.41) is 6.17. The fourth-order valence-electron chi connectivity index (χ4n) is 2.93. The first kappa shape index (κ1) is 20.3. The van der Waals surface area contributed by atoms with Crippen LogP contribution < -0.4 is 10.0 Å². The summed E-state index contributed by atoms with van der Waals surface area (Å²) >= 11 is 1.53. The van der Waals surface area contributed by atoms with E-state index in [2.05, 4.69) is 15.0 Å². The van der Waals surface area contributed by atoms with E-state index >= 15 is 0 Å². The van der Waals surface area contributed by atoms with Crippen LogP contribution in [0, 0.1) is 12.8 Å². The molecular weight excluding hydrogens is 378 g/mol. The number of halogens is 1. The van der Waals surface area contributed by atoms with Gasteiger partial charge in [-0.2, -0.15) is 0 Å². The van der Waals surface area contributed by atoms with Crippen molar-refractivity contribution in [3.8, 4) is 10.6 Å². The molecule has 2 heterocycles. The highest BCUT2D eigenvalue weighted by Gasteiger charge is 2.17. The average molecular weight is 402 g/mol. The van der Waals surface area contributed by atoms with Crippen LogP contribution in [0.25, 0.3) is 10.6 Å². The molecule has 1 atom stereocenters. The Morgan fingerprint density at radius 3 is 2.92 bits per heavy atom. The highest BCUT2D eigenvalue weighted by atomic mass is 35.5. The number of nitrogens with zero attached hydrogens (tertiary/aromatic N) is 1. The lowest BCUT2D eigenvalue weighted by atomic mass is 9.96. The third-order valence-corrected chi connectivity index (χ3v) is 6.72. The van der Waals surface area contributed by atoms with Crippen LogP contribution in [0.3, 0.4) is 0 Å². The second kappa shape index (κ2) is 9.09. The van der Waals surface area contributed by atoms with Gasteiger partial charge < -0.3 is 5.32 Å². The van der Waals surface area contributed by atoms with E-state index in [9.17, 15) is 8.42 Å². The van der Waals surface area contributed by atoms with Crippen LogP contribution in [0.2, 0.25) is 0 Å². The predicted octanol–water partition coefficient (Wildman–Crippen LogP) is 3.21. The molecule has 1 fully saturated rings. The fourth-order valence-corrected chi connectivity index (χ4v) is 4.82. The standard InChI is InChI=1S/C17H23N3O2S2.ClH/c1-13-12-23-17(20-13)15-5-2-6-16(10-15)24(21,22)19-9-7-14-4-3-8-18-11-14;/h2,5-6,10,12,14,18-19H,3-4,7-9,11H2,1H3;1H. The molecule has 25 heavy (non-hydrogen) atoms. The largest absolute Gasteiger partial charge is 0.316 e. The summed E-state index contributed by atoms with van der Waals surface area (Å²) in [6.45, 7) is 4.48. The van der Waals surface area contributed by atoms with Gasteiger partial charge in [0.25, 0.3) is 0 Å². The average Bonchev–Trinajstić information content (AvgIpc) is 3.02. The quantitative estimate of drug-likeness (QED) is 0.779. The molecule has 1 unspecified atom stereocenters. The van der Waals surface area contributed by atoms with Crippen molar-refractivity contribution in [1.29, 1.82) is 0 Å². The van der Waals surface area contributed by atoms with Crippen LogP contribution in [-0.2, 0) is 10.0 Å². The van der Waals surface area contributed by atoms with Gasteiger partial charge in [-0.25, -0.2) is 18.1 Å². The van der Waals surface area contributed by atoms with E-state index in [1.165, 1.54) is 24.2 Å². The molecule has 1 saturated heterocycles. The fraction of sp³-hybridized carbons (Fsp3) is 0.471. The zero-order valence-electron chi connectivity index (χ0n) is 14.2. The van der Waals surface area contributed by atoms with E-state index in [4.69, 9.17) is 0 Å². The van der Waals surface area contributed by atoms with Crippen LogP contribution >= 0.6 is 23.7 Å². The Morgan fingerprint density at radius 1 is 1.40 bits per heavy atom. The summed E-state index contributed by atoms with van der Waals surface area (Å²) in [5.74, 6) is 0.561. The van der Waals surface area contributed by atoms with E-state index in [-0.39, 0.29) is 12.4 Å². The van der Waals surface area contributed by atoms with Crippen molar-refractivity contribution in [3.05, 3.63) is 35.3 Å². The maximum absolute atomic E-state index is 12.5. The molecule has 3 rings (SSSR count).